The van der Waals surface area contributed by atoms with Crippen molar-refractivity contribution in [3.63, 3.8) is 0 Å². The van der Waals surface area contributed by atoms with Gasteiger partial charge < -0.3 is 10.0 Å². The molecule has 1 saturated heterocycles. The molecule has 0 spiro atoms. The molecule has 1 aliphatic rings. The molecule has 1 N–H and O–H groups in total. The lowest BCUT2D eigenvalue weighted by Crippen LogP contribution is -2.50. The maximum absolute atomic E-state index is 11.8. The SMILES string of the molecule is CC[C@@H](O)CN1CCN(C(=O)CCSC)CC1. The van der Waals surface area contributed by atoms with Gasteiger partial charge >= 0.3 is 0 Å². The van der Waals surface area contributed by atoms with Gasteiger partial charge in [-0.25, -0.2) is 0 Å². The van der Waals surface area contributed by atoms with Crippen LogP contribution in [0.15, 0.2) is 0 Å². The molecule has 0 radical (unpaired) electrons. The van der Waals surface area contributed by atoms with Gasteiger partial charge in [-0.1, -0.05) is 6.92 Å². The molecule has 1 amide bonds. The molecule has 0 unspecified atom stereocenters. The molecule has 100 valence electrons. The molecule has 17 heavy (non-hydrogen) atoms. The van der Waals surface area contributed by atoms with Gasteiger partial charge in [0, 0.05) is 44.9 Å². The minimum absolute atomic E-state index is 0.228. The Kier molecular flexibility index (Phi) is 6.92. The van der Waals surface area contributed by atoms with E-state index in [1.165, 1.54) is 0 Å². The molecule has 0 aromatic heterocycles. The average molecular weight is 260 g/mol. The minimum Gasteiger partial charge on any atom is -0.392 e. The Hall–Kier alpha value is -0.260. The van der Waals surface area contributed by atoms with Crippen LogP contribution in [0.1, 0.15) is 19.8 Å². The summed E-state index contributed by atoms with van der Waals surface area (Å²) in [5.41, 5.74) is 0. The van der Waals surface area contributed by atoms with Crippen molar-refractivity contribution in [2.75, 3.05) is 44.7 Å². The second-order valence-corrected chi connectivity index (χ2v) is 5.47. The van der Waals surface area contributed by atoms with E-state index in [0.717, 1.165) is 44.9 Å². The van der Waals surface area contributed by atoms with E-state index in [9.17, 15) is 9.90 Å². The first kappa shape index (κ1) is 14.8. The molecule has 0 aromatic carbocycles. The van der Waals surface area contributed by atoms with Crippen molar-refractivity contribution >= 4 is 17.7 Å². The Morgan fingerprint density at radius 1 is 1.35 bits per heavy atom. The van der Waals surface area contributed by atoms with E-state index in [0.29, 0.717) is 6.42 Å². The number of carbonyl (C=O) groups excluding carboxylic acids is 1. The monoisotopic (exact) mass is 260 g/mol. The Morgan fingerprint density at radius 2 is 2.00 bits per heavy atom. The van der Waals surface area contributed by atoms with E-state index < -0.39 is 0 Å². The van der Waals surface area contributed by atoms with Gasteiger partial charge in [0.2, 0.25) is 5.91 Å². The number of piperazine rings is 1. The number of nitrogens with zero attached hydrogens (tertiary/aromatic N) is 2. The van der Waals surface area contributed by atoms with Crippen LogP contribution in [0.25, 0.3) is 0 Å². The fourth-order valence-corrected chi connectivity index (χ4v) is 2.33. The van der Waals surface area contributed by atoms with Crippen LogP contribution in [0.3, 0.4) is 0 Å². The van der Waals surface area contributed by atoms with E-state index in [-0.39, 0.29) is 12.0 Å². The largest absolute Gasteiger partial charge is 0.392 e. The standard InChI is InChI=1S/C12H24N2O2S/c1-3-11(15)10-13-5-7-14(8-6-13)12(16)4-9-17-2/h11,15H,3-10H2,1-2H3/t11-/m1/s1. The number of aliphatic hydroxyl groups excluding tert-OH is 1. The van der Waals surface area contributed by atoms with Crippen LogP contribution in [-0.2, 0) is 4.79 Å². The molecule has 4 nitrogen and oxygen atoms in total. The highest BCUT2D eigenvalue weighted by Crippen LogP contribution is 2.07. The third-order valence-corrected chi connectivity index (χ3v) is 3.80. The normalized spacial score (nSPS) is 19.4. The van der Waals surface area contributed by atoms with Gasteiger partial charge in [-0.3, -0.25) is 9.69 Å². The molecule has 0 bridgehead atoms. The summed E-state index contributed by atoms with van der Waals surface area (Å²) in [5.74, 6) is 1.18. The fraction of sp³-hybridized carbons (Fsp3) is 0.917. The number of carbonyl (C=O) groups is 1. The molecule has 1 rings (SSSR count). The van der Waals surface area contributed by atoms with Crippen LogP contribution in [0.5, 0.6) is 0 Å². The van der Waals surface area contributed by atoms with E-state index in [4.69, 9.17) is 0 Å². The molecule has 5 heteroatoms. The minimum atomic E-state index is -0.228. The Labute approximate surface area is 108 Å². The van der Waals surface area contributed by atoms with E-state index >= 15 is 0 Å². The summed E-state index contributed by atoms with van der Waals surface area (Å²) in [6.45, 7) is 6.13. The van der Waals surface area contributed by atoms with E-state index in [1.54, 1.807) is 11.8 Å². The zero-order valence-electron chi connectivity index (χ0n) is 10.9. The summed E-state index contributed by atoms with van der Waals surface area (Å²) in [5, 5.41) is 9.58. The van der Waals surface area contributed by atoms with E-state index in [2.05, 4.69) is 4.90 Å². The van der Waals surface area contributed by atoms with Crippen molar-refractivity contribution in [3.8, 4) is 0 Å². The highest BCUT2D eigenvalue weighted by molar-refractivity contribution is 7.98. The van der Waals surface area contributed by atoms with Gasteiger partial charge in [0.1, 0.15) is 0 Å². The highest BCUT2D eigenvalue weighted by Gasteiger charge is 2.21. The molecule has 0 aliphatic carbocycles. The number of β-amino-alcohol motifs (C(OH)–C–C–N with tert-alkyl or cyclic N) is 1. The van der Waals surface area contributed by atoms with Crippen molar-refractivity contribution in [1.82, 2.24) is 9.80 Å². The van der Waals surface area contributed by atoms with Crippen molar-refractivity contribution < 1.29 is 9.90 Å². The summed E-state index contributed by atoms with van der Waals surface area (Å²) in [6.07, 6.45) is 3.25. The molecule has 0 aromatic rings. The average Bonchev–Trinajstić information content (AvgIpc) is 2.36. The third-order valence-electron chi connectivity index (χ3n) is 3.19. The Bertz CT molecular complexity index is 231. The second-order valence-electron chi connectivity index (χ2n) is 4.49. The molecular formula is C12H24N2O2S. The van der Waals surface area contributed by atoms with Crippen molar-refractivity contribution in [2.45, 2.75) is 25.9 Å². The Morgan fingerprint density at radius 3 is 2.53 bits per heavy atom. The van der Waals surface area contributed by atoms with Gasteiger partial charge in [-0.15, -0.1) is 0 Å². The van der Waals surface area contributed by atoms with Crippen molar-refractivity contribution in [2.24, 2.45) is 0 Å². The maximum atomic E-state index is 11.8. The summed E-state index contributed by atoms with van der Waals surface area (Å²) < 4.78 is 0. The van der Waals surface area contributed by atoms with Crippen LogP contribution >= 0.6 is 11.8 Å². The third kappa shape index (κ3) is 5.27. The lowest BCUT2D eigenvalue weighted by molar-refractivity contribution is -0.132. The Balaban J connectivity index is 2.23. The van der Waals surface area contributed by atoms with Crippen molar-refractivity contribution in [3.05, 3.63) is 0 Å². The number of hydrogen-bond acceptors (Lipinski definition) is 4. The van der Waals surface area contributed by atoms with Crippen LogP contribution in [0.2, 0.25) is 0 Å². The zero-order valence-corrected chi connectivity index (χ0v) is 11.7. The first-order valence-corrected chi connectivity index (χ1v) is 7.73. The predicted molar refractivity (Wildman–Crippen MR) is 72.3 cm³/mol. The quantitative estimate of drug-likeness (QED) is 0.762. The van der Waals surface area contributed by atoms with Gasteiger partial charge in [0.15, 0.2) is 0 Å². The number of thioether (sulfide) groups is 1. The first-order chi connectivity index (χ1) is 8.17. The number of rotatable bonds is 6. The molecule has 1 atom stereocenters. The predicted octanol–water partition coefficient (Wildman–Crippen LogP) is 0.655. The fourth-order valence-electron chi connectivity index (χ4n) is 1.95. The lowest BCUT2D eigenvalue weighted by Gasteiger charge is -2.35. The van der Waals surface area contributed by atoms with Gasteiger partial charge in [0.25, 0.3) is 0 Å². The van der Waals surface area contributed by atoms with Crippen LogP contribution < -0.4 is 0 Å². The van der Waals surface area contributed by atoms with E-state index in [1.807, 2.05) is 18.1 Å². The maximum Gasteiger partial charge on any atom is 0.223 e. The summed E-state index contributed by atoms with van der Waals surface area (Å²) in [4.78, 5) is 16.0. The van der Waals surface area contributed by atoms with Crippen LogP contribution in [0.4, 0.5) is 0 Å². The smallest absolute Gasteiger partial charge is 0.223 e. The molecule has 1 aliphatic heterocycles. The number of amides is 1. The molecule has 1 heterocycles. The summed E-state index contributed by atoms with van der Waals surface area (Å²) in [7, 11) is 0. The molecule has 0 saturated carbocycles. The number of hydrogen-bond donors (Lipinski definition) is 1. The zero-order chi connectivity index (χ0) is 12.7. The van der Waals surface area contributed by atoms with Gasteiger partial charge in [0.05, 0.1) is 6.10 Å². The van der Waals surface area contributed by atoms with Gasteiger partial charge in [-0.05, 0) is 12.7 Å². The van der Waals surface area contributed by atoms with Crippen LogP contribution in [-0.4, -0.2) is 71.6 Å². The molecular weight excluding hydrogens is 236 g/mol. The number of aliphatic hydroxyl groups is 1. The topological polar surface area (TPSA) is 43.8 Å². The van der Waals surface area contributed by atoms with Gasteiger partial charge in [-0.2, -0.15) is 11.8 Å². The highest BCUT2D eigenvalue weighted by atomic mass is 32.2. The summed E-state index contributed by atoms with van der Waals surface area (Å²) in [6, 6.07) is 0. The first-order valence-electron chi connectivity index (χ1n) is 6.34. The molecule has 1 fully saturated rings. The summed E-state index contributed by atoms with van der Waals surface area (Å²) >= 11 is 1.71. The second kappa shape index (κ2) is 7.95. The van der Waals surface area contributed by atoms with Crippen LogP contribution in [0, 0.1) is 0 Å². The lowest BCUT2D eigenvalue weighted by atomic mass is 10.2. The van der Waals surface area contributed by atoms with Crippen molar-refractivity contribution in [1.29, 1.82) is 0 Å².